The van der Waals surface area contributed by atoms with Crippen LogP contribution in [0.4, 0.5) is 0 Å². The second-order valence-corrected chi connectivity index (χ2v) is 5.13. The monoisotopic (exact) mass is 287 g/mol. The molecule has 0 radical (unpaired) electrons. The van der Waals surface area contributed by atoms with E-state index in [1.54, 1.807) is 6.92 Å². The average molecular weight is 287 g/mol. The van der Waals surface area contributed by atoms with Crippen molar-refractivity contribution in [2.24, 2.45) is 0 Å². The third-order valence-electron chi connectivity index (χ3n) is 2.82. The van der Waals surface area contributed by atoms with Crippen molar-refractivity contribution in [3.63, 3.8) is 0 Å². The molecule has 3 aromatic rings. The predicted molar refractivity (Wildman–Crippen MR) is 77.7 cm³/mol. The summed E-state index contributed by atoms with van der Waals surface area (Å²) in [6.45, 7) is 2.18. The number of aromatic nitrogens is 1. The summed E-state index contributed by atoms with van der Waals surface area (Å²) in [6.07, 6.45) is 0.199. The molecule has 2 heterocycles. The van der Waals surface area contributed by atoms with Gasteiger partial charge in [0.2, 0.25) is 0 Å². The van der Waals surface area contributed by atoms with Gasteiger partial charge in [-0.1, -0.05) is 18.2 Å². The molecule has 3 rings (SSSR count). The molecule has 2 aromatic heterocycles. The summed E-state index contributed by atoms with van der Waals surface area (Å²) >= 11 is 1.47. The van der Waals surface area contributed by atoms with Gasteiger partial charge in [0.05, 0.1) is 18.7 Å². The zero-order valence-electron chi connectivity index (χ0n) is 11.0. The van der Waals surface area contributed by atoms with Gasteiger partial charge < -0.3 is 9.15 Å². The van der Waals surface area contributed by atoms with Gasteiger partial charge in [-0.25, -0.2) is 4.98 Å². The van der Waals surface area contributed by atoms with Gasteiger partial charge in [-0.3, -0.25) is 4.79 Å². The Morgan fingerprint density at radius 1 is 1.40 bits per heavy atom. The Balaban J connectivity index is 1.84. The van der Waals surface area contributed by atoms with Crippen molar-refractivity contribution < 1.29 is 13.9 Å². The van der Waals surface area contributed by atoms with Gasteiger partial charge in [0.15, 0.2) is 10.8 Å². The number of hydrogen-bond donors (Lipinski definition) is 0. The van der Waals surface area contributed by atoms with Gasteiger partial charge in [0.25, 0.3) is 0 Å². The number of furan rings is 1. The van der Waals surface area contributed by atoms with Crippen molar-refractivity contribution in [2.45, 2.75) is 13.3 Å². The topological polar surface area (TPSA) is 52.3 Å². The third-order valence-corrected chi connectivity index (χ3v) is 3.72. The summed E-state index contributed by atoms with van der Waals surface area (Å²) in [5.74, 6) is 0.472. The van der Waals surface area contributed by atoms with E-state index in [1.165, 1.54) is 11.3 Å². The maximum atomic E-state index is 11.4. The number of fused-ring (bicyclic) bond motifs is 1. The summed E-state index contributed by atoms with van der Waals surface area (Å²) in [5.41, 5.74) is 1.55. The minimum atomic E-state index is -0.256. The first-order valence-electron chi connectivity index (χ1n) is 6.35. The minimum Gasteiger partial charge on any atom is -0.466 e. The molecule has 4 nitrogen and oxygen atoms in total. The molecular weight excluding hydrogens is 274 g/mol. The van der Waals surface area contributed by atoms with Crippen molar-refractivity contribution in [3.05, 3.63) is 41.4 Å². The van der Waals surface area contributed by atoms with Crippen LogP contribution in [0.15, 0.2) is 40.1 Å². The van der Waals surface area contributed by atoms with Gasteiger partial charge in [-0.05, 0) is 19.1 Å². The molecule has 5 heteroatoms. The highest BCUT2D eigenvalue weighted by Crippen LogP contribution is 2.30. The summed E-state index contributed by atoms with van der Waals surface area (Å²) < 4.78 is 10.7. The van der Waals surface area contributed by atoms with Crippen LogP contribution < -0.4 is 0 Å². The number of nitrogens with zero attached hydrogens (tertiary/aromatic N) is 1. The van der Waals surface area contributed by atoms with Gasteiger partial charge in [-0.15, -0.1) is 11.3 Å². The fourth-order valence-corrected chi connectivity index (χ4v) is 2.72. The average Bonchev–Trinajstić information content (AvgIpc) is 3.04. The minimum absolute atomic E-state index is 0.199. The molecule has 0 spiro atoms. The number of esters is 1. The highest BCUT2D eigenvalue weighted by molar-refractivity contribution is 7.13. The van der Waals surface area contributed by atoms with Crippen molar-refractivity contribution >= 4 is 28.3 Å². The lowest BCUT2D eigenvalue weighted by Crippen LogP contribution is -2.07. The van der Waals surface area contributed by atoms with Crippen LogP contribution in [0.3, 0.4) is 0 Å². The first kappa shape index (κ1) is 12.9. The van der Waals surface area contributed by atoms with E-state index >= 15 is 0 Å². The quantitative estimate of drug-likeness (QED) is 0.687. The highest BCUT2D eigenvalue weighted by atomic mass is 32.1. The second-order valence-electron chi connectivity index (χ2n) is 4.27. The van der Waals surface area contributed by atoms with Crippen LogP contribution >= 0.6 is 11.3 Å². The smallest absolute Gasteiger partial charge is 0.311 e. The lowest BCUT2D eigenvalue weighted by atomic mass is 10.2. The summed E-state index contributed by atoms with van der Waals surface area (Å²) in [5, 5.41) is 3.68. The largest absolute Gasteiger partial charge is 0.466 e. The number of carbonyl (C=O) groups is 1. The number of thiazole rings is 1. The molecule has 0 unspecified atom stereocenters. The molecule has 0 N–H and O–H groups in total. The molecule has 0 aliphatic rings. The first-order chi connectivity index (χ1) is 9.76. The Labute approximate surface area is 120 Å². The van der Waals surface area contributed by atoms with Gasteiger partial charge >= 0.3 is 5.97 Å². The van der Waals surface area contributed by atoms with E-state index < -0.39 is 0 Å². The molecule has 102 valence electrons. The fraction of sp³-hybridized carbons (Fsp3) is 0.200. The normalized spacial score (nSPS) is 10.8. The molecular formula is C15H13NO3S. The Hall–Kier alpha value is -2.14. The first-order valence-corrected chi connectivity index (χ1v) is 7.23. The van der Waals surface area contributed by atoms with E-state index in [2.05, 4.69) is 4.98 Å². The lowest BCUT2D eigenvalue weighted by molar-refractivity contribution is -0.142. The Kier molecular flexibility index (Phi) is 3.52. The number of hydrogen-bond acceptors (Lipinski definition) is 5. The SMILES string of the molecule is CCOC(=O)Cc1csc(-c2cc3ccccc3o2)n1. The van der Waals surface area contributed by atoms with Crippen LogP contribution in [0.5, 0.6) is 0 Å². The van der Waals surface area contributed by atoms with Crippen LogP contribution in [-0.4, -0.2) is 17.6 Å². The molecule has 0 amide bonds. The van der Waals surface area contributed by atoms with Crippen LogP contribution in [-0.2, 0) is 16.0 Å². The maximum Gasteiger partial charge on any atom is 0.311 e. The summed E-state index contributed by atoms with van der Waals surface area (Å²) in [4.78, 5) is 15.8. The van der Waals surface area contributed by atoms with Crippen molar-refractivity contribution in [3.8, 4) is 10.8 Å². The van der Waals surface area contributed by atoms with Crippen LogP contribution in [0, 0.1) is 0 Å². The van der Waals surface area contributed by atoms with E-state index in [4.69, 9.17) is 9.15 Å². The van der Waals surface area contributed by atoms with Crippen molar-refractivity contribution in [1.29, 1.82) is 0 Å². The zero-order chi connectivity index (χ0) is 13.9. The second kappa shape index (κ2) is 5.46. The number of benzene rings is 1. The van der Waals surface area contributed by atoms with E-state index in [-0.39, 0.29) is 12.4 Å². The number of ether oxygens (including phenoxy) is 1. The zero-order valence-corrected chi connectivity index (χ0v) is 11.8. The standard InChI is InChI=1S/C15H13NO3S/c1-2-18-14(17)8-11-9-20-15(16-11)13-7-10-5-3-4-6-12(10)19-13/h3-7,9H,2,8H2,1H3. The number of rotatable bonds is 4. The Bertz CT molecular complexity index is 711. The molecule has 1 aromatic carbocycles. The van der Waals surface area contributed by atoms with Crippen molar-refractivity contribution in [2.75, 3.05) is 6.61 Å². The highest BCUT2D eigenvalue weighted by Gasteiger charge is 2.12. The summed E-state index contributed by atoms with van der Waals surface area (Å²) in [6, 6.07) is 9.78. The molecule has 20 heavy (non-hydrogen) atoms. The van der Waals surface area contributed by atoms with Crippen LogP contribution in [0.1, 0.15) is 12.6 Å². The number of carbonyl (C=O) groups excluding carboxylic acids is 1. The van der Waals surface area contributed by atoms with Gasteiger partial charge in [0, 0.05) is 10.8 Å². The van der Waals surface area contributed by atoms with Crippen molar-refractivity contribution in [1.82, 2.24) is 4.98 Å². The fourth-order valence-electron chi connectivity index (χ4n) is 1.95. The van der Waals surface area contributed by atoms with E-state index in [0.717, 1.165) is 21.7 Å². The van der Waals surface area contributed by atoms with E-state index in [1.807, 2.05) is 35.7 Å². The Morgan fingerprint density at radius 2 is 2.25 bits per heavy atom. The molecule has 0 bridgehead atoms. The molecule has 0 aliphatic heterocycles. The predicted octanol–water partition coefficient (Wildman–Crippen LogP) is 3.66. The maximum absolute atomic E-state index is 11.4. The molecule has 0 saturated heterocycles. The molecule has 0 aliphatic carbocycles. The van der Waals surface area contributed by atoms with E-state index in [0.29, 0.717) is 12.3 Å². The lowest BCUT2D eigenvalue weighted by Gasteiger charge is -1.97. The Morgan fingerprint density at radius 3 is 3.05 bits per heavy atom. The van der Waals surface area contributed by atoms with Crippen LogP contribution in [0.25, 0.3) is 21.7 Å². The van der Waals surface area contributed by atoms with E-state index in [9.17, 15) is 4.79 Å². The van der Waals surface area contributed by atoms with Gasteiger partial charge in [0.1, 0.15) is 5.58 Å². The molecule has 0 saturated carbocycles. The number of para-hydroxylation sites is 1. The summed E-state index contributed by atoms with van der Waals surface area (Å²) in [7, 11) is 0. The third kappa shape index (κ3) is 2.58. The molecule has 0 fully saturated rings. The van der Waals surface area contributed by atoms with Gasteiger partial charge in [-0.2, -0.15) is 0 Å². The van der Waals surface area contributed by atoms with Crippen LogP contribution in [0.2, 0.25) is 0 Å². The molecule has 0 atom stereocenters.